The van der Waals surface area contributed by atoms with Crippen LogP contribution < -0.4 is 10.6 Å². The average Bonchev–Trinajstić information content (AvgIpc) is 2.91. The number of H-pyrrole nitrogens is 1. The maximum absolute atomic E-state index is 12.2. The van der Waals surface area contributed by atoms with Crippen molar-refractivity contribution in [2.24, 2.45) is 0 Å². The SMILES string of the molecule is O=c1[nH]c2ccc(Cl)cc2n1-c1cnc(N2CCOCC2)nc1. The normalized spacial score (nSPS) is 15.3. The summed E-state index contributed by atoms with van der Waals surface area (Å²) in [7, 11) is 0. The van der Waals surface area contributed by atoms with Gasteiger partial charge in [0.05, 0.1) is 42.3 Å². The van der Waals surface area contributed by atoms with Crippen molar-refractivity contribution < 1.29 is 4.74 Å². The lowest BCUT2D eigenvalue weighted by Gasteiger charge is -2.26. The molecule has 0 spiro atoms. The van der Waals surface area contributed by atoms with Crippen LogP contribution in [-0.2, 0) is 4.74 Å². The minimum atomic E-state index is -0.245. The van der Waals surface area contributed by atoms with Gasteiger partial charge in [-0.1, -0.05) is 11.6 Å². The second-order valence-corrected chi connectivity index (χ2v) is 5.70. The highest BCUT2D eigenvalue weighted by Gasteiger charge is 2.15. The number of nitrogens with one attached hydrogen (secondary N) is 1. The first kappa shape index (κ1) is 14.2. The molecule has 0 atom stereocenters. The second kappa shape index (κ2) is 5.68. The van der Waals surface area contributed by atoms with Crippen LogP contribution in [0.1, 0.15) is 0 Å². The number of nitrogens with zero attached hydrogens (tertiary/aromatic N) is 4. The molecular formula is C15H14ClN5O2. The third-order valence-corrected chi connectivity index (χ3v) is 4.06. The van der Waals surface area contributed by atoms with E-state index in [0.29, 0.717) is 35.4 Å². The molecule has 1 saturated heterocycles. The largest absolute Gasteiger partial charge is 0.378 e. The minimum absolute atomic E-state index is 0.245. The summed E-state index contributed by atoms with van der Waals surface area (Å²) in [5, 5.41) is 0.566. The van der Waals surface area contributed by atoms with E-state index in [1.165, 1.54) is 4.57 Å². The first-order valence-corrected chi connectivity index (χ1v) is 7.65. The smallest absolute Gasteiger partial charge is 0.331 e. The lowest BCUT2D eigenvalue weighted by molar-refractivity contribution is 0.122. The number of aromatic nitrogens is 4. The van der Waals surface area contributed by atoms with Crippen LogP contribution in [0.5, 0.6) is 0 Å². The van der Waals surface area contributed by atoms with Crippen molar-refractivity contribution in [1.82, 2.24) is 19.5 Å². The Labute approximate surface area is 136 Å². The van der Waals surface area contributed by atoms with Crippen LogP contribution in [0.25, 0.3) is 16.7 Å². The van der Waals surface area contributed by atoms with E-state index in [0.717, 1.165) is 18.6 Å². The molecule has 7 nitrogen and oxygen atoms in total. The summed E-state index contributed by atoms with van der Waals surface area (Å²) < 4.78 is 6.84. The highest BCUT2D eigenvalue weighted by molar-refractivity contribution is 6.31. The van der Waals surface area contributed by atoms with Crippen LogP contribution in [0, 0.1) is 0 Å². The van der Waals surface area contributed by atoms with Crippen molar-refractivity contribution in [2.45, 2.75) is 0 Å². The molecule has 0 unspecified atom stereocenters. The van der Waals surface area contributed by atoms with E-state index in [9.17, 15) is 4.79 Å². The highest BCUT2D eigenvalue weighted by Crippen LogP contribution is 2.20. The Morgan fingerprint density at radius 1 is 1.17 bits per heavy atom. The third-order valence-electron chi connectivity index (χ3n) is 3.82. The van der Waals surface area contributed by atoms with E-state index in [2.05, 4.69) is 19.9 Å². The van der Waals surface area contributed by atoms with Crippen molar-refractivity contribution in [3.05, 3.63) is 46.1 Å². The summed E-state index contributed by atoms with van der Waals surface area (Å²) in [4.78, 5) is 25.8. The Bertz CT molecular complexity index is 896. The van der Waals surface area contributed by atoms with Crippen LogP contribution in [0.15, 0.2) is 35.4 Å². The number of hydrogen-bond donors (Lipinski definition) is 1. The zero-order valence-corrected chi connectivity index (χ0v) is 13.0. The lowest BCUT2D eigenvalue weighted by Crippen LogP contribution is -2.37. The fourth-order valence-electron chi connectivity index (χ4n) is 2.69. The van der Waals surface area contributed by atoms with Crippen molar-refractivity contribution >= 4 is 28.6 Å². The summed E-state index contributed by atoms with van der Waals surface area (Å²) in [5.74, 6) is 0.642. The van der Waals surface area contributed by atoms with E-state index < -0.39 is 0 Å². The summed E-state index contributed by atoms with van der Waals surface area (Å²) >= 11 is 6.04. The number of hydrogen-bond acceptors (Lipinski definition) is 5. The van der Waals surface area contributed by atoms with Gasteiger partial charge in [-0.25, -0.2) is 14.8 Å². The number of fused-ring (bicyclic) bond motifs is 1. The van der Waals surface area contributed by atoms with Crippen LogP contribution >= 0.6 is 11.6 Å². The Morgan fingerprint density at radius 3 is 2.65 bits per heavy atom. The van der Waals surface area contributed by atoms with Gasteiger partial charge in [0, 0.05) is 18.1 Å². The van der Waals surface area contributed by atoms with Gasteiger partial charge >= 0.3 is 5.69 Å². The van der Waals surface area contributed by atoms with E-state index in [4.69, 9.17) is 16.3 Å². The quantitative estimate of drug-likeness (QED) is 0.772. The van der Waals surface area contributed by atoms with Gasteiger partial charge in [-0.2, -0.15) is 0 Å². The fourth-order valence-corrected chi connectivity index (χ4v) is 2.86. The Hall–Kier alpha value is -2.38. The number of halogens is 1. The number of imidazole rings is 1. The Balaban J connectivity index is 1.75. The molecule has 3 heterocycles. The van der Waals surface area contributed by atoms with Gasteiger partial charge in [0.15, 0.2) is 0 Å². The summed E-state index contributed by atoms with van der Waals surface area (Å²) in [6.45, 7) is 2.88. The van der Waals surface area contributed by atoms with Crippen molar-refractivity contribution in [3.8, 4) is 5.69 Å². The summed E-state index contributed by atoms with van der Waals surface area (Å²) in [6.07, 6.45) is 3.29. The molecule has 0 saturated carbocycles. The molecule has 0 aliphatic carbocycles. The molecule has 3 aromatic rings. The van der Waals surface area contributed by atoms with Crippen LogP contribution in [0.3, 0.4) is 0 Å². The van der Waals surface area contributed by atoms with Gasteiger partial charge in [-0.3, -0.25) is 4.57 Å². The number of ether oxygens (including phenoxy) is 1. The first-order chi connectivity index (χ1) is 11.2. The molecule has 0 amide bonds. The third kappa shape index (κ3) is 2.58. The number of benzene rings is 1. The Morgan fingerprint density at radius 2 is 1.91 bits per heavy atom. The molecule has 1 aliphatic heterocycles. The van der Waals surface area contributed by atoms with Crippen molar-refractivity contribution in [2.75, 3.05) is 31.2 Å². The molecule has 2 aromatic heterocycles. The zero-order valence-electron chi connectivity index (χ0n) is 12.2. The molecule has 1 N–H and O–H groups in total. The standard InChI is InChI=1S/C15H14ClN5O2/c16-10-1-2-12-13(7-10)21(15(22)19-12)11-8-17-14(18-9-11)20-3-5-23-6-4-20/h1-2,7-9H,3-6H2,(H,19,22). The molecule has 118 valence electrons. The van der Waals surface area contributed by atoms with Crippen LogP contribution in [-0.4, -0.2) is 45.8 Å². The van der Waals surface area contributed by atoms with Gasteiger partial charge in [0.2, 0.25) is 5.95 Å². The summed E-state index contributed by atoms with van der Waals surface area (Å²) in [6, 6.07) is 5.26. The zero-order chi connectivity index (χ0) is 15.8. The van der Waals surface area contributed by atoms with E-state index >= 15 is 0 Å². The first-order valence-electron chi connectivity index (χ1n) is 7.28. The topological polar surface area (TPSA) is 76.0 Å². The minimum Gasteiger partial charge on any atom is -0.378 e. The van der Waals surface area contributed by atoms with Gasteiger partial charge in [0.1, 0.15) is 0 Å². The maximum atomic E-state index is 12.2. The van der Waals surface area contributed by atoms with Crippen molar-refractivity contribution in [3.63, 3.8) is 0 Å². The lowest BCUT2D eigenvalue weighted by atomic mass is 10.3. The molecule has 0 radical (unpaired) electrons. The van der Waals surface area contributed by atoms with Gasteiger partial charge < -0.3 is 14.6 Å². The molecule has 1 aromatic carbocycles. The predicted octanol–water partition coefficient (Wildman–Crippen LogP) is 1.60. The molecule has 1 fully saturated rings. The number of aromatic amines is 1. The number of anilines is 1. The molecule has 23 heavy (non-hydrogen) atoms. The fraction of sp³-hybridized carbons (Fsp3) is 0.267. The van der Waals surface area contributed by atoms with E-state index in [1.54, 1.807) is 30.6 Å². The predicted molar refractivity (Wildman–Crippen MR) is 87.5 cm³/mol. The molecular weight excluding hydrogens is 318 g/mol. The molecule has 1 aliphatic rings. The average molecular weight is 332 g/mol. The van der Waals surface area contributed by atoms with E-state index in [-0.39, 0.29) is 5.69 Å². The maximum Gasteiger partial charge on any atom is 0.331 e. The van der Waals surface area contributed by atoms with Crippen molar-refractivity contribution in [1.29, 1.82) is 0 Å². The van der Waals surface area contributed by atoms with Gasteiger partial charge in [-0.05, 0) is 18.2 Å². The second-order valence-electron chi connectivity index (χ2n) is 5.27. The highest BCUT2D eigenvalue weighted by atomic mass is 35.5. The number of rotatable bonds is 2. The molecule has 0 bridgehead atoms. The monoisotopic (exact) mass is 331 g/mol. The van der Waals surface area contributed by atoms with Gasteiger partial charge in [-0.15, -0.1) is 0 Å². The van der Waals surface area contributed by atoms with Crippen LogP contribution in [0.4, 0.5) is 5.95 Å². The number of morpholine rings is 1. The Kier molecular flexibility index (Phi) is 3.51. The van der Waals surface area contributed by atoms with E-state index in [1.807, 2.05) is 0 Å². The summed E-state index contributed by atoms with van der Waals surface area (Å²) in [5.41, 5.74) is 1.77. The van der Waals surface area contributed by atoms with Crippen LogP contribution in [0.2, 0.25) is 5.02 Å². The van der Waals surface area contributed by atoms with Gasteiger partial charge in [0.25, 0.3) is 0 Å². The molecule has 8 heteroatoms. The molecule has 4 rings (SSSR count).